The first-order valence-electron chi connectivity index (χ1n) is 13.7. The lowest BCUT2D eigenvalue weighted by atomic mass is 9.90. The number of aromatic nitrogens is 1. The van der Waals surface area contributed by atoms with Gasteiger partial charge in [0.2, 0.25) is 0 Å². The number of rotatable bonds is 8. The maximum atomic E-state index is 14.2. The predicted octanol–water partition coefficient (Wildman–Crippen LogP) is 4.37. The highest BCUT2D eigenvalue weighted by molar-refractivity contribution is 7.07. The van der Waals surface area contributed by atoms with E-state index >= 15 is 0 Å². The van der Waals surface area contributed by atoms with Crippen LogP contribution in [0, 0.1) is 0 Å². The van der Waals surface area contributed by atoms with Gasteiger partial charge >= 0.3 is 0 Å². The number of likely N-dealkylation sites (N-methyl/N-ethyl adjacent to an activating group) is 1. The zero-order valence-corrected chi connectivity index (χ0v) is 24.6. The smallest absolute Gasteiger partial charge is 0.271 e. The van der Waals surface area contributed by atoms with E-state index in [4.69, 9.17) is 14.5 Å². The predicted molar refractivity (Wildman–Crippen MR) is 161 cm³/mol. The van der Waals surface area contributed by atoms with Crippen molar-refractivity contribution in [1.29, 1.82) is 0 Å². The van der Waals surface area contributed by atoms with Crippen LogP contribution in [0.5, 0.6) is 17.2 Å². The molecule has 1 N–H and O–H groups in total. The van der Waals surface area contributed by atoms with Gasteiger partial charge in [-0.05, 0) is 68.3 Å². The number of aromatic hydroxyl groups is 1. The number of ether oxygens (including phenoxy) is 2. The van der Waals surface area contributed by atoms with Crippen LogP contribution in [0.2, 0.25) is 0 Å². The molecule has 41 heavy (non-hydrogen) atoms. The van der Waals surface area contributed by atoms with Crippen molar-refractivity contribution in [2.45, 2.75) is 33.7 Å². The SMILES string of the molecule is CCOc1cc(/C=c2/sc3n(c2=O)[C@@H](c2c(OC)ccc4ccccc24)C(C(=O)N(CC)CC)=C(C)N=3)ccc1O. The number of methoxy groups -OCH3 is 1. The largest absolute Gasteiger partial charge is 0.504 e. The highest BCUT2D eigenvalue weighted by Gasteiger charge is 2.36. The zero-order valence-electron chi connectivity index (χ0n) is 23.8. The molecule has 8 nitrogen and oxygen atoms in total. The van der Waals surface area contributed by atoms with Crippen LogP contribution in [-0.2, 0) is 4.79 Å². The fraction of sp³-hybridized carbons (Fsp3) is 0.281. The summed E-state index contributed by atoms with van der Waals surface area (Å²) in [6, 6.07) is 16.0. The second-order valence-electron chi connectivity index (χ2n) is 9.62. The first kappa shape index (κ1) is 28.2. The number of carbonyl (C=O) groups excluding carboxylic acids is 1. The third kappa shape index (κ3) is 5.02. The Balaban J connectivity index is 1.82. The highest BCUT2D eigenvalue weighted by Crippen LogP contribution is 2.40. The van der Waals surface area contributed by atoms with E-state index in [9.17, 15) is 14.7 Å². The van der Waals surface area contributed by atoms with Gasteiger partial charge in [0.1, 0.15) is 11.8 Å². The molecule has 1 aromatic heterocycles. The minimum Gasteiger partial charge on any atom is -0.504 e. The lowest BCUT2D eigenvalue weighted by Crippen LogP contribution is -2.43. The second-order valence-corrected chi connectivity index (χ2v) is 10.6. The Morgan fingerprint density at radius 3 is 2.56 bits per heavy atom. The summed E-state index contributed by atoms with van der Waals surface area (Å²) >= 11 is 1.26. The van der Waals surface area contributed by atoms with Crippen molar-refractivity contribution in [3.05, 3.63) is 96.7 Å². The molecule has 0 radical (unpaired) electrons. The average Bonchev–Trinajstić information content (AvgIpc) is 3.28. The minimum atomic E-state index is -0.749. The summed E-state index contributed by atoms with van der Waals surface area (Å²) in [6.45, 7) is 8.99. The lowest BCUT2D eigenvalue weighted by molar-refractivity contribution is -0.127. The first-order chi connectivity index (χ1) is 19.8. The summed E-state index contributed by atoms with van der Waals surface area (Å²) < 4.78 is 13.5. The van der Waals surface area contributed by atoms with Crippen molar-refractivity contribution < 1.29 is 19.4 Å². The van der Waals surface area contributed by atoms with Gasteiger partial charge in [-0.3, -0.25) is 14.2 Å². The van der Waals surface area contributed by atoms with E-state index in [0.29, 0.717) is 57.4 Å². The summed E-state index contributed by atoms with van der Waals surface area (Å²) in [5.41, 5.74) is 2.19. The molecule has 1 aliphatic heterocycles. The molecule has 0 fully saturated rings. The molecule has 9 heteroatoms. The number of benzene rings is 3. The summed E-state index contributed by atoms with van der Waals surface area (Å²) in [5, 5.41) is 12.0. The number of phenols is 1. The van der Waals surface area contributed by atoms with Gasteiger partial charge in [0.15, 0.2) is 16.3 Å². The first-order valence-corrected chi connectivity index (χ1v) is 14.5. The zero-order chi connectivity index (χ0) is 29.3. The van der Waals surface area contributed by atoms with E-state index in [1.165, 1.54) is 11.3 Å². The molecule has 3 aromatic carbocycles. The quantitative estimate of drug-likeness (QED) is 0.339. The summed E-state index contributed by atoms with van der Waals surface area (Å²) in [5.74, 6) is 0.798. The van der Waals surface area contributed by atoms with Crippen LogP contribution in [0.1, 0.15) is 44.9 Å². The van der Waals surface area contributed by atoms with Crippen molar-refractivity contribution >= 4 is 34.1 Å². The highest BCUT2D eigenvalue weighted by atomic mass is 32.1. The molecule has 1 aliphatic rings. The molecular weight excluding hydrogens is 538 g/mol. The lowest BCUT2D eigenvalue weighted by Gasteiger charge is -2.30. The van der Waals surface area contributed by atoms with Crippen LogP contribution in [0.4, 0.5) is 0 Å². The number of thiazole rings is 1. The Bertz CT molecular complexity index is 1850. The van der Waals surface area contributed by atoms with Crippen molar-refractivity contribution in [3.63, 3.8) is 0 Å². The number of hydrogen-bond acceptors (Lipinski definition) is 7. The summed E-state index contributed by atoms with van der Waals surface area (Å²) in [4.78, 5) is 35.3. The topological polar surface area (TPSA) is 93.4 Å². The van der Waals surface area contributed by atoms with Crippen LogP contribution >= 0.6 is 11.3 Å². The Hall–Kier alpha value is -4.37. The van der Waals surface area contributed by atoms with E-state index in [1.54, 1.807) is 40.9 Å². The molecule has 5 rings (SSSR count). The van der Waals surface area contributed by atoms with E-state index in [2.05, 4.69) is 0 Å². The van der Waals surface area contributed by atoms with Gasteiger partial charge in [0.05, 0.1) is 29.5 Å². The Morgan fingerprint density at radius 1 is 1.10 bits per heavy atom. The standard InChI is InChI=1S/C32H33N3O5S/c1-6-34(7-2)31(38)27-19(4)33-32-35(29(27)28-22-12-10-9-11-21(22)14-16-24(28)39-5)30(37)26(41-32)18-20-13-15-23(36)25(17-20)40-8-3/h9-18,29,36H,6-8H2,1-5H3/b26-18+/t29-/m1/s1. The van der Waals surface area contributed by atoms with Crippen molar-refractivity contribution in [2.75, 3.05) is 26.8 Å². The number of amides is 1. The normalized spacial score (nSPS) is 15.0. The van der Waals surface area contributed by atoms with E-state index in [1.807, 2.05) is 64.1 Å². The molecule has 2 heterocycles. The molecule has 0 saturated carbocycles. The van der Waals surface area contributed by atoms with Gasteiger partial charge in [-0.1, -0.05) is 47.7 Å². The van der Waals surface area contributed by atoms with E-state index in [0.717, 1.165) is 16.3 Å². The van der Waals surface area contributed by atoms with Crippen LogP contribution < -0.4 is 24.4 Å². The molecule has 0 unspecified atom stereocenters. The Kier molecular flexibility index (Phi) is 7.99. The van der Waals surface area contributed by atoms with Crippen molar-refractivity contribution in [3.8, 4) is 17.2 Å². The second kappa shape index (κ2) is 11.6. The number of fused-ring (bicyclic) bond motifs is 2. The average molecular weight is 572 g/mol. The number of phenolic OH excluding ortho intramolecular Hbond substituents is 1. The third-order valence-corrected chi connectivity index (χ3v) is 8.29. The maximum absolute atomic E-state index is 14.2. The minimum absolute atomic E-state index is 0.0312. The van der Waals surface area contributed by atoms with E-state index < -0.39 is 6.04 Å². The summed E-state index contributed by atoms with van der Waals surface area (Å²) in [6.07, 6.45) is 1.76. The van der Waals surface area contributed by atoms with Crippen LogP contribution in [0.3, 0.4) is 0 Å². The number of carbonyl (C=O) groups is 1. The molecule has 212 valence electrons. The van der Waals surface area contributed by atoms with Gasteiger partial charge in [0, 0.05) is 18.7 Å². The number of hydrogen-bond donors (Lipinski definition) is 1. The van der Waals surface area contributed by atoms with Gasteiger partial charge in [-0.25, -0.2) is 4.99 Å². The molecule has 0 saturated heterocycles. The molecule has 1 atom stereocenters. The van der Waals surface area contributed by atoms with Gasteiger partial charge < -0.3 is 19.5 Å². The van der Waals surface area contributed by atoms with Crippen molar-refractivity contribution in [2.24, 2.45) is 4.99 Å². The molecule has 4 aromatic rings. The molecule has 1 amide bonds. The fourth-order valence-electron chi connectivity index (χ4n) is 5.33. The van der Waals surface area contributed by atoms with Crippen LogP contribution in [0.25, 0.3) is 16.8 Å². The summed E-state index contributed by atoms with van der Waals surface area (Å²) in [7, 11) is 1.60. The fourth-order valence-corrected chi connectivity index (χ4v) is 6.37. The Morgan fingerprint density at radius 2 is 1.85 bits per heavy atom. The molecule has 0 bridgehead atoms. The van der Waals surface area contributed by atoms with Crippen LogP contribution in [-0.4, -0.2) is 47.3 Å². The third-order valence-electron chi connectivity index (χ3n) is 7.31. The van der Waals surface area contributed by atoms with Gasteiger partial charge in [-0.2, -0.15) is 0 Å². The van der Waals surface area contributed by atoms with Gasteiger partial charge in [-0.15, -0.1) is 0 Å². The van der Waals surface area contributed by atoms with E-state index in [-0.39, 0.29) is 17.2 Å². The molecule has 0 spiro atoms. The number of allylic oxidation sites excluding steroid dienone is 1. The number of nitrogens with zero attached hydrogens (tertiary/aromatic N) is 3. The van der Waals surface area contributed by atoms with Crippen molar-refractivity contribution in [1.82, 2.24) is 9.47 Å². The molecule has 0 aliphatic carbocycles. The molecular formula is C32H33N3O5S. The van der Waals surface area contributed by atoms with Gasteiger partial charge in [0.25, 0.3) is 11.5 Å². The maximum Gasteiger partial charge on any atom is 0.271 e. The Labute approximate surface area is 242 Å². The van der Waals surface area contributed by atoms with Crippen LogP contribution in [0.15, 0.2) is 75.7 Å². The monoisotopic (exact) mass is 571 g/mol.